The molecule has 1 amide bonds. The summed E-state index contributed by atoms with van der Waals surface area (Å²) in [4.78, 5) is 24.5. The standard InChI is InChI=1S/C16H27N5O2/c1-2-14(22)13-20-9-11-21(12-10-20)15(23)5-3-6-17-16-18-7-4-8-19-16/h4,7-8,14,22H,2-3,5-6,9-13H2,1H3,(H,17,18,19)/t14-/m0/s1. The van der Waals surface area contributed by atoms with Crippen LogP contribution in [0.2, 0.25) is 0 Å². The van der Waals surface area contributed by atoms with E-state index >= 15 is 0 Å². The van der Waals surface area contributed by atoms with E-state index in [4.69, 9.17) is 0 Å². The van der Waals surface area contributed by atoms with Gasteiger partial charge in [0.1, 0.15) is 0 Å². The van der Waals surface area contributed by atoms with Crippen LogP contribution in [0.25, 0.3) is 0 Å². The monoisotopic (exact) mass is 321 g/mol. The molecule has 7 nitrogen and oxygen atoms in total. The molecule has 0 bridgehead atoms. The number of anilines is 1. The van der Waals surface area contributed by atoms with E-state index in [-0.39, 0.29) is 12.0 Å². The van der Waals surface area contributed by atoms with E-state index in [1.54, 1.807) is 18.5 Å². The lowest BCUT2D eigenvalue weighted by Crippen LogP contribution is -2.50. The Morgan fingerprint density at radius 1 is 1.30 bits per heavy atom. The van der Waals surface area contributed by atoms with Crippen molar-refractivity contribution < 1.29 is 9.90 Å². The first-order valence-electron chi connectivity index (χ1n) is 8.38. The predicted octanol–water partition coefficient (Wildman–Crippen LogP) is 0.584. The number of aromatic nitrogens is 2. The molecule has 1 aromatic rings. The Labute approximate surface area is 137 Å². The minimum Gasteiger partial charge on any atom is -0.392 e. The Morgan fingerprint density at radius 3 is 2.65 bits per heavy atom. The highest BCUT2D eigenvalue weighted by molar-refractivity contribution is 5.76. The second-order valence-electron chi connectivity index (χ2n) is 5.85. The van der Waals surface area contributed by atoms with Gasteiger partial charge in [-0.1, -0.05) is 6.92 Å². The van der Waals surface area contributed by atoms with Gasteiger partial charge in [0.15, 0.2) is 0 Å². The van der Waals surface area contributed by atoms with Crippen LogP contribution >= 0.6 is 0 Å². The predicted molar refractivity (Wildman–Crippen MR) is 89.1 cm³/mol. The van der Waals surface area contributed by atoms with Crippen LogP contribution in [-0.2, 0) is 4.79 Å². The van der Waals surface area contributed by atoms with Crippen molar-refractivity contribution >= 4 is 11.9 Å². The van der Waals surface area contributed by atoms with Gasteiger partial charge in [-0.05, 0) is 18.9 Å². The fraction of sp³-hybridized carbons (Fsp3) is 0.688. The first-order valence-corrected chi connectivity index (χ1v) is 8.38. The smallest absolute Gasteiger partial charge is 0.222 e. The number of carbonyl (C=O) groups is 1. The summed E-state index contributed by atoms with van der Waals surface area (Å²) in [5, 5.41) is 12.8. The molecule has 1 saturated heterocycles. The lowest BCUT2D eigenvalue weighted by molar-refractivity contribution is -0.133. The summed E-state index contributed by atoms with van der Waals surface area (Å²) in [6, 6.07) is 1.77. The fourth-order valence-corrected chi connectivity index (χ4v) is 2.60. The van der Waals surface area contributed by atoms with Gasteiger partial charge < -0.3 is 15.3 Å². The van der Waals surface area contributed by atoms with Crippen LogP contribution in [0.1, 0.15) is 26.2 Å². The average molecular weight is 321 g/mol. The van der Waals surface area contributed by atoms with Crippen molar-refractivity contribution in [1.82, 2.24) is 19.8 Å². The maximum atomic E-state index is 12.2. The molecule has 7 heteroatoms. The van der Waals surface area contributed by atoms with Crippen molar-refractivity contribution in [3.05, 3.63) is 18.5 Å². The van der Waals surface area contributed by atoms with Crippen molar-refractivity contribution in [2.75, 3.05) is 44.6 Å². The molecule has 1 aliphatic heterocycles. The topological polar surface area (TPSA) is 81.6 Å². The lowest BCUT2D eigenvalue weighted by Gasteiger charge is -2.35. The van der Waals surface area contributed by atoms with Crippen LogP contribution in [0.15, 0.2) is 18.5 Å². The van der Waals surface area contributed by atoms with Crippen molar-refractivity contribution in [3.63, 3.8) is 0 Å². The zero-order chi connectivity index (χ0) is 16.5. The van der Waals surface area contributed by atoms with Gasteiger partial charge in [0, 0.05) is 58.1 Å². The van der Waals surface area contributed by atoms with Crippen LogP contribution in [0.5, 0.6) is 0 Å². The van der Waals surface area contributed by atoms with E-state index in [2.05, 4.69) is 20.2 Å². The molecule has 0 aromatic carbocycles. The minimum atomic E-state index is -0.261. The molecule has 1 aliphatic rings. The molecule has 1 aromatic heterocycles. The Morgan fingerprint density at radius 2 is 2.00 bits per heavy atom. The highest BCUT2D eigenvalue weighted by Gasteiger charge is 2.21. The molecule has 1 fully saturated rings. The van der Waals surface area contributed by atoms with Gasteiger partial charge in [0.05, 0.1) is 6.10 Å². The number of aliphatic hydroxyl groups excluding tert-OH is 1. The van der Waals surface area contributed by atoms with Crippen molar-refractivity contribution in [1.29, 1.82) is 0 Å². The summed E-state index contributed by atoms with van der Waals surface area (Å²) in [7, 11) is 0. The number of hydrogen-bond acceptors (Lipinski definition) is 6. The van der Waals surface area contributed by atoms with Gasteiger partial charge >= 0.3 is 0 Å². The minimum absolute atomic E-state index is 0.205. The van der Waals surface area contributed by atoms with Crippen molar-refractivity contribution in [3.8, 4) is 0 Å². The lowest BCUT2D eigenvalue weighted by atomic mass is 10.2. The fourth-order valence-electron chi connectivity index (χ4n) is 2.60. The third-order valence-corrected chi connectivity index (χ3v) is 4.08. The number of piperazine rings is 1. The third kappa shape index (κ3) is 6.11. The van der Waals surface area contributed by atoms with E-state index in [1.165, 1.54) is 0 Å². The van der Waals surface area contributed by atoms with E-state index < -0.39 is 0 Å². The summed E-state index contributed by atoms with van der Waals surface area (Å²) in [6.07, 6.45) is 5.20. The zero-order valence-electron chi connectivity index (χ0n) is 13.8. The molecule has 0 unspecified atom stereocenters. The number of β-amino-alcohol motifs (C(OH)–C–C–N with tert-alkyl or cyclic N) is 1. The molecule has 2 heterocycles. The molecule has 1 atom stereocenters. The SMILES string of the molecule is CC[C@H](O)CN1CCN(C(=O)CCCNc2ncccn2)CC1. The Kier molecular flexibility index (Phi) is 7.22. The van der Waals surface area contributed by atoms with Crippen molar-refractivity contribution in [2.24, 2.45) is 0 Å². The molecule has 0 saturated carbocycles. The quantitative estimate of drug-likeness (QED) is 0.682. The third-order valence-electron chi connectivity index (χ3n) is 4.08. The molecule has 2 rings (SSSR count). The van der Waals surface area contributed by atoms with Gasteiger partial charge in [-0.15, -0.1) is 0 Å². The Bertz CT molecular complexity index is 463. The largest absolute Gasteiger partial charge is 0.392 e. The highest BCUT2D eigenvalue weighted by Crippen LogP contribution is 2.07. The second-order valence-corrected chi connectivity index (χ2v) is 5.85. The van der Waals surface area contributed by atoms with E-state index in [1.807, 2.05) is 11.8 Å². The van der Waals surface area contributed by atoms with E-state index in [9.17, 15) is 9.90 Å². The molecule has 128 valence electrons. The van der Waals surface area contributed by atoms with E-state index in [0.717, 1.165) is 39.0 Å². The summed E-state index contributed by atoms with van der Waals surface area (Å²) in [5.74, 6) is 0.805. The van der Waals surface area contributed by atoms with Crippen molar-refractivity contribution in [2.45, 2.75) is 32.3 Å². The molecule has 0 spiro atoms. The number of hydrogen-bond donors (Lipinski definition) is 2. The van der Waals surface area contributed by atoms with Crippen LogP contribution in [0, 0.1) is 0 Å². The Balaban J connectivity index is 1.60. The van der Waals surface area contributed by atoms with Gasteiger partial charge in [0.2, 0.25) is 11.9 Å². The molecule has 23 heavy (non-hydrogen) atoms. The number of nitrogens with zero attached hydrogens (tertiary/aromatic N) is 4. The summed E-state index contributed by atoms with van der Waals surface area (Å²) >= 11 is 0. The average Bonchev–Trinajstić information content (AvgIpc) is 2.60. The molecular weight excluding hydrogens is 294 g/mol. The Hall–Kier alpha value is -1.73. The highest BCUT2D eigenvalue weighted by atomic mass is 16.3. The first kappa shape index (κ1) is 17.6. The van der Waals surface area contributed by atoms with Gasteiger partial charge in [0.25, 0.3) is 0 Å². The first-order chi connectivity index (χ1) is 11.2. The normalized spacial score (nSPS) is 17.0. The number of aliphatic hydroxyl groups is 1. The van der Waals surface area contributed by atoms with Gasteiger partial charge in [-0.2, -0.15) is 0 Å². The van der Waals surface area contributed by atoms with Crippen LogP contribution < -0.4 is 5.32 Å². The molecule has 0 radical (unpaired) electrons. The molecule has 0 aliphatic carbocycles. The maximum Gasteiger partial charge on any atom is 0.222 e. The van der Waals surface area contributed by atoms with Crippen LogP contribution in [0.3, 0.4) is 0 Å². The van der Waals surface area contributed by atoms with Crippen LogP contribution in [-0.4, -0.2) is 76.2 Å². The van der Waals surface area contributed by atoms with E-state index in [0.29, 0.717) is 25.5 Å². The van der Waals surface area contributed by atoms with Gasteiger partial charge in [-0.25, -0.2) is 9.97 Å². The van der Waals surface area contributed by atoms with Gasteiger partial charge in [-0.3, -0.25) is 9.69 Å². The number of amides is 1. The summed E-state index contributed by atoms with van der Waals surface area (Å²) in [6.45, 7) is 6.59. The second kappa shape index (κ2) is 9.42. The molecule has 2 N–H and O–H groups in total. The summed E-state index contributed by atoms with van der Waals surface area (Å²) < 4.78 is 0. The summed E-state index contributed by atoms with van der Waals surface area (Å²) in [5.41, 5.74) is 0. The number of carbonyl (C=O) groups excluding carboxylic acids is 1. The van der Waals surface area contributed by atoms with Crippen LogP contribution in [0.4, 0.5) is 5.95 Å². The number of nitrogens with one attached hydrogen (secondary N) is 1. The maximum absolute atomic E-state index is 12.2. The number of rotatable bonds is 8. The molecular formula is C16H27N5O2. The zero-order valence-corrected chi connectivity index (χ0v) is 13.8.